The van der Waals surface area contributed by atoms with E-state index < -0.39 is 6.04 Å². The first-order valence-electron chi connectivity index (χ1n) is 6.11. The lowest BCUT2D eigenvalue weighted by Crippen LogP contribution is -2.41. The molecule has 1 heterocycles. The number of H-pyrrole nitrogens is 1. The summed E-state index contributed by atoms with van der Waals surface area (Å²) in [4.78, 5) is 18.7. The highest BCUT2D eigenvalue weighted by Gasteiger charge is 2.13. The van der Waals surface area contributed by atoms with Crippen molar-refractivity contribution in [2.24, 2.45) is 11.7 Å². The summed E-state index contributed by atoms with van der Waals surface area (Å²) in [6.45, 7) is 4.76. The molecule has 0 aliphatic rings. The summed E-state index contributed by atoms with van der Waals surface area (Å²) in [5.41, 5.74) is 5.76. The molecule has 4 N–H and O–H groups in total. The van der Waals surface area contributed by atoms with Crippen molar-refractivity contribution in [2.75, 3.05) is 6.54 Å². The first-order valence-corrected chi connectivity index (χ1v) is 6.11. The van der Waals surface area contributed by atoms with E-state index in [9.17, 15) is 4.79 Å². The van der Waals surface area contributed by atoms with E-state index in [1.54, 1.807) is 12.4 Å². The Morgan fingerprint density at radius 3 is 2.94 bits per heavy atom. The minimum Gasteiger partial charge on any atom is -0.355 e. The van der Waals surface area contributed by atoms with Gasteiger partial charge in [-0.2, -0.15) is 0 Å². The van der Waals surface area contributed by atoms with Gasteiger partial charge in [-0.3, -0.25) is 4.79 Å². The Kier molecular flexibility index (Phi) is 5.69. The average molecular weight is 238 g/mol. The van der Waals surface area contributed by atoms with Crippen molar-refractivity contribution in [2.45, 2.75) is 39.2 Å². The van der Waals surface area contributed by atoms with Crippen molar-refractivity contribution >= 4 is 5.91 Å². The zero-order valence-electron chi connectivity index (χ0n) is 10.6. The predicted molar refractivity (Wildman–Crippen MR) is 67.3 cm³/mol. The van der Waals surface area contributed by atoms with Crippen LogP contribution in [-0.2, 0) is 11.2 Å². The van der Waals surface area contributed by atoms with E-state index in [-0.39, 0.29) is 5.91 Å². The van der Waals surface area contributed by atoms with Gasteiger partial charge in [-0.25, -0.2) is 4.98 Å². The zero-order chi connectivity index (χ0) is 12.7. The first-order chi connectivity index (χ1) is 8.09. The molecular formula is C12H22N4O. The Labute approximate surface area is 102 Å². The Bertz CT molecular complexity index is 321. The molecule has 1 aromatic heterocycles. The lowest BCUT2D eigenvalue weighted by Gasteiger charge is -2.13. The summed E-state index contributed by atoms with van der Waals surface area (Å²) < 4.78 is 0. The van der Waals surface area contributed by atoms with Crippen LogP contribution in [0.2, 0.25) is 0 Å². The number of nitrogens with one attached hydrogen (secondary N) is 2. The van der Waals surface area contributed by atoms with Gasteiger partial charge in [0.25, 0.3) is 0 Å². The second-order valence-corrected chi connectivity index (χ2v) is 4.67. The van der Waals surface area contributed by atoms with Crippen LogP contribution in [-0.4, -0.2) is 28.5 Å². The van der Waals surface area contributed by atoms with Crippen molar-refractivity contribution in [3.8, 4) is 0 Å². The molecule has 0 radical (unpaired) electrons. The molecule has 0 spiro atoms. The van der Waals surface area contributed by atoms with Crippen LogP contribution in [0.3, 0.4) is 0 Å². The van der Waals surface area contributed by atoms with Crippen molar-refractivity contribution < 1.29 is 4.79 Å². The third-order valence-corrected chi connectivity index (χ3v) is 2.51. The topological polar surface area (TPSA) is 83.8 Å². The summed E-state index contributed by atoms with van der Waals surface area (Å²) in [7, 11) is 0. The molecule has 17 heavy (non-hydrogen) atoms. The second-order valence-electron chi connectivity index (χ2n) is 4.67. The van der Waals surface area contributed by atoms with Crippen LogP contribution in [0.25, 0.3) is 0 Å². The van der Waals surface area contributed by atoms with E-state index in [1.165, 1.54) is 0 Å². The predicted octanol–water partition coefficient (Wildman–Crippen LogP) is 0.832. The van der Waals surface area contributed by atoms with Crippen LogP contribution < -0.4 is 11.1 Å². The summed E-state index contributed by atoms with van der Waals surface area (Å²) in [5, 5.41) is 2.84. The summed E-state index contributed by atoms with van der Waals surface area (Å²) in [6.07, 6.45) is 5.96. The van der Waals surface area contributed by atoms with E-state index >= 15 is 0 Å². The van der Waals surface area contributed by atoms with Gasteiger partial charge >= 0.3 is 0 Å². The molecular weight excluding hydrogens is 216 g/mol. The van der Waals surface area contributed by atoms with E-state index in [0.717, 1.165) is 25.1 Å². The number of amides is 1. The van der Waals surface area contributed by atoms with Gasteiger partial charge in [0.2, 0.25) is 5.91 Å². The maximum Gasteiger partial charge on any atom is 0.236 e. The molecule has 5 heteroatoms. The number of hydrogen-bond acceptors (Lipinski definition) is 3. The lowest BCUT2D eigenvalue weighted by molar-refractivity contribution is -0.122. The average Bonchev–Trinajstić information content (AvgIpc) is 2.75. The molecule has 0 aliphatic carbocycles. The molecule has 0 aliphatic heterocycles. The number of aromatic amines is 1. The van der Waals surface area contributed by atoms with Gasteiger partial charge in [0.1, 0.15) is 5.82 Å². The number of nitrogens with zero attached hydrogens (tertiary/aromatic N) is 1. The van der Waals surface area contributed by atoms with Crippen LogP contribution in [0.1, 0.15) is 32.5 Å². The van der Waals surface area contributed by atoms with Crippen LogP contribution in [0.15, 0.2) is 12.4 Å². The van der Waals surface area contributed by atoms with E-state index in [1.807, 2.05) is 0 Å². The molecule has 1 unspecified atom stereocenters. The minimum absolute atomic E-state index is 0.0573. The van der Waals surface area contributed by atoms with Gasteiger partial charge < -0.3 is 16.0 Å². The standard InChI is InChI=1S/C12H22N4O/c1-9(2)8-10(13)12(17)16-5-3-4-11-14-6-7-15-11/h6-7,9-10H,3-5,8,13H2,1-2H3,(H,14,15)(H,16,17). The molecule has 1 rings (SSSR count). The maximum atomic E-state index is 11.6. The maximum absolute atomic E-state index is 11.6. The first kappa shape index (κ1) is 13.7. The summed E-state index contributed by atoms with van der Waals surface area (Å²) in [6, 6.07) is -0.390. The van der Waals surface area contributed by atoms with Crippen LogP contribution in [0.5, 0.6) is 0 Å². The summed E-state index contributed by atoms with van der Waals surface area (Å²) >= 11 is 0. The van der Waals surface area contributed by atoms with Gasteiger partial charge in [0.15, 0.2) is 0 Å². The number of rotatable bonds is 7. The zero-order valence-corrected chi connectivity index (χ0v) is 10.6. The van der Waals surface area contributed by atoms with Gasteiger partial charge in [0, 0.05) is 25.4 Å². The number of imidazole rings is 1. The Morgan fingerprint density at radius 2 is 2.35 bits per heavy atom. The SMILES string of the molecule is CC(C)CC(N)C(=O)NCCCc1ncc[nH]1. The van der Waals surface area contributed by atoms with Gasteiger partial charge in [-0.15, -0.1) is 0 Å². The Morgan fingerprint density at radius 1 is 1.59 bits per heavy atom. The summed E-state index contributed by atoms with van der Waals surface area (Å²) in [5.74, 6) is 1.34. The van der Waals surface area contributed by atoms with Crippen LogP contribution >= 0.6 is 0 Å². The number of hydrogen-bond donors (Lipinski definition) is 3. The molecule has 1 aromatic rings. The van der Waals surface area contributed by atoms with Crippen molar-refractivity contribution in [3.05, 3.63) is 18.2 Å². The molecule has 1 amide bonds. The molecule has 5 nitrogen and oxygen atoms in total. The normalized spacial score (nSPS) is 12.7. The fraction of sp³-hybridized carbons (Fsp3) is 0.667. The number of carbonyl (C=O) groups excluding carboxylic acids is 1. The van der Waals surface area contributed by atoms with Crippen molar-refractivity contribution in [1.29, 1.82) is 0 Å². The smallest absolute Gasteiger partial charge is 0.236 e. The molecule has 0 saturated carbocycles. The fourth-order valence-corrected chi connectivity index (χ4v) is 1.65. The third-order valence-electron chi connectivity index (χ3n) is 2.51. The van der Waals surface area contributed by atoms with Gasteiger partial charge in [0.05, 0.1) is 6.04 Å². The van der Waals surface area contributed by atoms with E-state index in [0.29, 0.717) is 12.5 Å². The Balaban J connectivity index is 2.11. The quantitative estimate of drug-likeness (QED) is 0.615. The number of aryl methyl sites for hydroxylation is 1. The van der Waals surface area contributed by atoms with Gasteiger partial charge in [-0.05, 0) is 18.8 Å². The molecule has 1 atom stereocenters. The molecule has 0 aromatic carbocycles. The van der Waals surface area contributed by atoms with Crippen molar-refractivity contribution in [3.63, 3.8) is 0 Å². The Hall–Kier alpha value is -1.36. The third kappa shape index (κ3) is 5.49. The fourth-order valence-electron chi connectivity index (χ4n) is 1.65. The highest BCUT2D eigenvalue weighted by atomic mass is 16.2. The van der Waals surface area contributed by atoms with E-state index in [4.69, 9.17) is 5.73 Å². The lowest BCUT2D eigenvalue weighted by atomic mass is 10.0. The number of nitrogens with two attached hydrogens (primary N) is 1. The largest absolute Gasteiger partial charge is 0.355 e. The minimum atomic E-state index is -0.390. The van der Waals surface area contributed by atoms with Gasteiger partial charge in [-0.1, -0.05) is 13.8 Å². The molecule has 0 saturated heterocycles. The highest BCUT2D eigenvalue weighted by Crippen LogP contribution is 2.02. The molecule has 96 valence electrons. The van der Waals surface area contributed by atoms with Crippen molar-refractivity contribution in [1.82, 2.24) is 15.3 Å². The second kappa shape index (κ2) is 7.06. The number of carbonyl (C=O) groups is 1. The van der Waals surface area contributed by atoms with E-state index in [2.05, 4.69) is 29.1 Å². The van der Waals surface area contributed by atoms with Crippen LogP contribution in [0.4, 0.5) is 0 Å². The monoisotopic (exact) mass is 238 g/mol. The molecule has 0 fully saturated rings. The number of aromatic nitrogens is 2. The van der Waals surface area contributed by atoms with Crippen LogP contribution in [0, 0.1) is 5.92 Å². The molecule has 0 bridgehead atoms. The highest BCUT2D eigenvalue weighted by molar-refractivity contribution is 5.81.